The lowest BCUT2D eigenvalue weighted by atomic mass is 10.1. The molecular formula is C20H20ClN5O6. The standard InChI is InChI=1S/C20H19N5O6.ClH/c21-12-2-1-3-14(10-12)25-8-9-30-16(19(25)28)15(26)18(27)22-13-6-4-11(5-7-13)17-23-20(29)31-24-17;/h1-7,10,15-16,26H,8-9,21H2,(H,22,27)(H,23,24,29);1H/t15-,16-;/m1./s1. The van der Waals surface area contributed by atoms with E-state index in [2.05, 4.69) is 20.0 Å². The predicted molar refractivity (Wildman–Crippen MR) is 117 cm³/mol. The molecule has 5 N–H and O–H groups in total. The molecule has 2 heterocycles. The molecule has 0 unspecified atom stereocenters. The van der Waals surface area contributed by atoms with Crippen LogP contribution in [-0.2, 0) is 14.3 Å². The zero-order chi connectivity index (χ0) is 22.0. The number of nitrogens with zero attached hydrogens (tertiary/aromatic N) is 2. The molecule has 2 amide bonds. The van der Waals surface area contributed by atoms with Gasteiger partial charge in [0, 0.05) is 29.2 Å². The van der Waals surface area contributed by atoms with E-state index in [1.165, 1.54) is 4.90 Å². The molecule has 4 rings (SSSR count). The zero-order valence-corrected chi connectivity index (χ0v) is 17.4. The first-order valence-corrected chi connectivity index (χ1v) is 9.36. The number of nitrogens with two attached hydrogens (primary N) is 1. The summed E-state index contributed by atoms with van der Waals surface area (Å²) in [7, 11) is 0. The van der Waals surface area contributed by atoms with Gasteiger partial charge in [-0.3, -0.25) is 19.1 Å². The Bertz CT molecular complexity index is 1160. The number of H-pyrrole nitrogens is 1. The van der Waals surface area contributed by atoms with Crippen molar-refractivity contribution in [3.05, 3.63) is 59.1 Å². The number of nitrogens with one attached hydrogen (secondary N) is 2. The van der Waals surface area contributed by atoms with Crippen LogP contribution in [0.2, 0.25) is 0 Å². The van der Waals surface area contributed by atoms with Crippen LogP contribution in [0.3, 0.4) is 0 Å². The number of aliphatic hydroxyl groups is 1. The minimum Gasteiger partial charge on any atom is -0.399 e. The van der Waals surface area contributed by atoms with Gasteiger partial charge in [0.2, 0.25) is 0 Å². The van der Waals surface area contributed by atoms with Crippen molar-refractivity contribution in [2.45, 2.75) is 12.2 Å². The van der Waals surface area contributed by atoms with E-state index in [-0.39, 0.29) is 31.4 Å². The third-order valence-electron chi connectivity index (χ3n) is 4.73. The van der Waals surface area contributed by atoms with Crippen molar-refractivity contribution in [3.8, 4) is 11.4 Å². The third-order valence-corrected chi connectivity index (χ3v) is 4.73. The van der Waals surface area contributed by atoms with E-state index >= 15 is 0 Å². The topological polar surface area (TPSA) is 164 Å². The molecule has 3 aromatic rings. The zero-order valence-electron chi connectivity index (χ0n) is 16.6. The number of benzene rings is 2. The number of nitrogen functional groups attached to an aromatic ring is 1. The number of ether oxygens (including phenoxy) is 1. The highest BCUT2D eigenvalue weighted by atomic mass is 35.5. The van der Waals surface area contributed by atoms with Gasteiger partial charge >= 0.3 is 5.76 Å². The van der Waals surface area contributed by atoms with Gasteiger partial charge in [0.15, 0.2) is 18.0 Å². The minimum absolute atomic E-state index is 0. The molecule has 2 aromatic carbocycles. The van der Waals surface area contributed by atoms with Crippen molar-refractivity contribution in [1.29, 1.82) is 0 Å². The Hall–Kier alpha value is -3.67. The van der Waals surface area contributed by atoms with Gasteiger partial charge < -0.3 is 25.8 Å². The number of hydrogen-bond acceptors (Lipinski definition) is 8. The molecule has 1 saturated heterocycles. The first-order chi connectivity index (χ1) is 14.9. The van der Waals surface area contributed by atoms with E-state index in [9.17, 15) is 19.5 Å². The summed E-state index contributed by atoms with van der Waals surface area (Å²) in [5.74, 6) is -1.77. The molecule has 0 saturated carbocycles. The number of anilines is 3. The largest absolute Gasteiger partial charge is 0.439 e. The Morgan fingerprint density at radius 2 is 2.00 bits per heavy atom. The molecule has 11 nitrogen and oxygen atoms in total. The maximum atomic E-state index is 12.8. The second kappa shape index (κ2) is 9.64. The number of aromatic amines is 1. The van der Waals surface area contributed by atoms with Crippen LogP contribution in [0.1, 0.15) is 0 Å². The molecule has 2 atom stereocenters. The van der Waals surface area contributed by atoms with Crippen LogP contribution in [-0.4, -0.2) is 52.4 Å². The van der Waals surface area contributed by atoms with Crippen molar-refractivity contribution in [2.75, 3.05) is 29.1 Å². The number of carbonyl (C=O) groups excluding carboxylic acids is 2. The van der Waals surface area contributed by atoms with Gasteiger partial charge in [-0.15, -0.1) is 12.4 Å². The van der Waals surface area contributed by atoms with Gasteiger partial charge in [-0.05, 0) is 42.5 Å². The Morgan fingerprint density at radius 1 is 1.25 bits per heavy atom. The van der Waals surface area contributed by atoms with Crippen molar-refractivity contribution in [1.82, 2.24) is 10.1 Å². The third kappa shape index (κ3) is 4.80. The fourth-order valence-electron chi connectivity index (χ4n) is 3.20. The molecule has 168 valence electrons. The summed E-state index contributed by atoms with van der Waals surface area (Å²) in [6.45, 7) is 0.429. The molecule has 1 aromatic heterocycles. The number of halogens is 1. The van der Waals surface area contributed by atoms with E-state index < -0.39 is 29.8 Å². The van der Waals surface area contributed by atoms with Crippen molar-refractivity contribution < 1.29 is 24.0 Å². The van der Waals surface area contributed by atoms with Crippen LogP contribution in [0.25, 0.3) is 11.4 Å². The number of amides is 2. The van der Waals surface area contributed by atoms with Crippen LogP contribution in [0.15, 0.2) is 57.8 Å². The summed E-state index contributed by atoms with van der Waals surface area (Å²) >= 11 is 0. The molecule has 0 spiro atoms. The first-order valence-electron chi connectivity index (χ1n) is 9.36. The molecule has 0 bridgehead atoms. The Kier molecular flexibility index (Phi) is 6.93. The van der Waals surface area contributed by atoms with E-state index in [4.69, 9.17) is 10.5 Å². The summed E-state index contributed by atoms with van der Waals surface area (Å²) in [5.41, 5.74) is 7.76. The quantitative estimate of drug-likeness (QED) is 0.404. The number of carbonyl (C=O) groups is 2. The Balaban J connectivity index is 0.00000289. The fourth-order valence-corrected chi connectivity index (χ4v) is 3.20. The number of morpholine rings is 1. The van der Waals surface area contributed by atoms with Gasteiger partial charge in [0.25, 0.3) is 11.8 Å². The minimum atomic E-state index is -1.72. The van der Waals surface area contributed by atoms with E-state index in [0.29, 0.717) is 22.6 Å². The number of rotatable bonds is 5. The molecule has 1 fully saturated rings. The molecule has 32 heavy (non-hydrogen) atoms. The Morgan fingerprint density at radius 3 is 2.66 bits per heavy atom. The molecule has 1 aliphatic heterocycles. The SMILES string of the molecule is Cl.Nc1cccc(N2CCO[C@H]([C@@H](O)C(=O)Nc3ccc(-c4noc(=O)[nH]4)cc3)C2=O)c1. The smallest absolute Gasteiger partial charge is 0.399 e. The van der Waals surface area contributed by atoms with Crippen molar-refractivity contribution >= 4 is 41.3 Å². The van der Waals surface area contributed by atoms with E-state index in [1.54, 1.807) is 48.5 Å². The highest BCUT2D eigenvalue weighted by Crippen LogP contribution is 2.23. The monoisotopic (exact) mass is 461 g/mol. The van der Waals surface area contributed by atoms with Crippen molar-refractivity contribution in [2.24, 2.45) is 0 Å². The predicted octanol–water partition coefficient (Wildman–Crippen LogP) is 0.765. The highest BCUT2D eigenvalue weighted by Gasteiger charge is 2.39. The average Bonchev–Trinajstić information content (AvgIpc) is 3.20. The molecule has 0 radical (unpaired) electrons. The summed E-state index contributed by atoms with van der Waals surface area (Å²) in [6, 6.07) is 13.1. The molecule has 1 aliphatic rings. The van der Waals surface area contributed by atoms with E-state index in [0.717, 1.165) is 0 Å². The maximum absolute atomic E-state index is 12.8. The lowest BCUT2D eigenvalue weighted by molar-refractivity contribution is -0.150. The lowest BCUT2D eigenvalue weighted by Gasteiger charge is -2.34. The second-order valence-electron chi connectivity index (χ2n) is 6.83. The first kappa shape index (κ1) is 23.0. The number of aliphatic hydroxyl groups excluding tert-OH is 1. The van der Waals surface area contributed by atoms with Crippen LogP contribution in [0.4, 0.5) is 17.1 Å². The highest BCUT2D eigenvalue weighted by molar-refractivity contribution is 6.04. The van der Waals surface area contributed by atoms with Gasteiger partial charge in [-0.25, -0.2) is 4.79 Å². The van der Waals surface area contributed by atoms with Crippen LogP contribution >= 0.6 is 12.4 Å². The van der Waals surface area contributed by atoms with Gasteiger partial charge in [0.1, 0.15) is 0 Å². The molecule has 0 aliphatic carbocycles. The van der Waals surface area contributed by atoms with Crippen LogP contribution in [0.5, 0.6) is 0 Å². The van der Waals surface area contributed by atoms with Crippen LogP contribution < -0.4 is 21.7 Å². The molecule has 12 heteroatoms. The average molecular weight is 462 g/mol. The van der Waals surface area contributed by atoms with Crippen LogP contribution in [0, 0.1) is 0 Å². The van der Waals surface area contributed by atoms with E-state index in [1.807, 2.05) is 0 Å². The second-order valence-corrected chi connectivity index (χ2v) is 6.83. The summed E-state index contributed by atoms with van der Waals surface area (Å²) < 4.78 is 9.84. The normalized spacial score (nSPS) is 16.8. The van der Waals surface area contributed by atoms with Crippen molar-refractivity contribution in [3.63, 3.8) is 0 Å². The molecular weight excluding hydrogens is 442 g/mol. The Labute approximate surface area is 187 Å². The summed E-state index contributed by atoms with van der Waals surface area (Å²) in [4.78, 5) is 40.2. The number of aromatic nitrogens is 2. The van der Waals surface area contributed by atoms with Gasteiger partial charge in [0.05, 0.1) is 6.61 Å². The van der Waals surface area contributed by atoms with Gasteiger partial charge in [-0.1, -0.05) is 11.2 Å². The lowest BCUT2D eigenvalue weighted by Crippen LogP contribution is -2.55. The van der Waals surface area contributed by atoms with Gasteiger partial charge in [-0.2, -0.15) is 0 Å². The fraction of sp³-hybridized carbons (Fsp3) is 0.200. The maximum Gasteiger partial charge on any atom is 0.439 e. The summed E-state index contributed by atoms with van der Waals surface area (Å²) in [6.07, 6.45) is -3.07. The summed E-state index contributed by atoms with van der Waals surface area (Å²) in [5, 5.41) is 16.6. The number of hydrogen-bond donors (Lipinski definition) is 4.